The molecule has 1 aromatic carbocycles. The highest BCUT2D eigenvalue weighted by Gasteiger charge is 2.25. The Balaban J connectivity index is 1.48. The molecule has 2 aromatic heterocycles. The second-order valence-electron chi connectivity index (χ2n) is 7.18. The molecule has 0 bridgehead atoms. The monoisotopic (exact) mass is 411 g/mol. The number of nitrogens with one attached hydrogen (secondary N) is 1. The summed E-state index contributed by atoms with van der Waals surface area (Å²) in [5, 5.41) is 8.49. The number of rotatable bonds is 5. The quantitative estimate of drug-likeness (QED) is 0.699. The number of likely N-dealkylation sites (N-methyl/N-ethyl adjacent to an activating group) is 1. The summed E-state index contributed by atoms with van der Waals surface area (Å²) in [5.41, 5.74) is 1.91. The van der Waals surface area contributed by atoms with E-state index in [4.69, 9.17) is 0 Å². The lowest BCUT2D eigenvalue weighted by molar-refractivity contribution is -0.122. The molecule has 0 saturated carbocycles. The number of nitrogens with zero attached hydrogens (tertiary/aromatic N) is 4. The number of para-hydroxylation sites is 1. The Bertz CT molecular complexity index is 1020. The van der Waals surface area contributed by atoms with E-state index in [2.05, 4.69) is 15.3 Å². The first-order valence-corrected chi connectivity index (χ1v) is 10.7. The molecule has 1 aliphatic rings. The van der Waals surface area contributed by atoms with Crippen molar-refractivity contribution in [2.75, 3.05) is 39.3 Å². The zero-order chi connectivity index (χ0) is 20.4. The minimum absolute atomic E-state index is 0.0396. The molecule has 8 heteroatoms. The summed E-state index contributed by atoms with van der Waals surface area (Å²) >= 11 is 1.49. The van der Waals surface area contributed by atoms with Crippen LogP contribution in [0.4, 0.5) is 0 Å². The maximum absolute atomic E-state index is 13.1. The molecular weight excluding hydrogens is 386 g/mol. The van der Waals surface area contributed by atoms with Gasteiger partial charge in [0.2, 0.25) is 5.91 Å². The zero-order valence-corrected chi connectivity index (χ0v) is 17.5. The van der Waals surface area contributed by atoms with E-state index in [-0.39, 0.29) is 11.8 Å². The molecule has 1 N–H and O–H groups in total. The molecule has 0 spiro atoms. The fourth-order valence-corrected chi connectivity index (χ4v) is 4.77. The topological polar surface area (TPSA) is 70.5 Å². The Morgan fingerprint density at radius 2 is 1.86 bits per heavy atom. The summed E-state index contributed by atoms with van der Waals surface area (Å²) in [5.74, 6) is 0.0978. The van der Waals surface area contributed by atoms with Crippen molar-refractivity contribution in [1.29, 1.82) is 0 Å². The van der Waals surface area contributed by atoms with Gasteiger partial charge >= 0.3 is 0 Å². The van der Waals surface area contributed by atoms with Gasteiger partial charge in [-0.1, -0.05) is 18.2 Å². The smallest absolute Gasteiger partial charge is 0.264 e. The predicted octanol–water partition coefficient (Wildman–Crippen LogP) is 2.29. The number of benzene rings is 1. The molecule has 29 heavy (non-hydrogen) atoms. The third-order valence-corrected chi connectivity index (χ3v) is 6.26. The fourth-order valence-electron chi connectivity index (χ4n) is 3.62. The Kier molecular flexibility index (Phi) is 5.64. The number of hydrogen-bond donors (Lipinski definition) is 1. The number of hydrogen-bond acceptors (Lipinski definition) is 5. The highest BCUT2D eigenvalue weighted by atomic mass is 32.1. The summed E-state index contributed by atoms with van der Waals surface area (Å²) in [6.07, 6.45) is 0. The lowest BCUT2D eigenvalue weighted by Crippen LogP contribution is -2.51. The van der Waals surface area contributed by atoms with E-state index in [0.717, 1.165) is 26.5 Å². The maximum atomic E-state index is 13.1. The van der Waals surface area contributed by atoms with Crippen LogP contribution in [0.1, 0.15) is 22.3 Å². The van der Waals surface area contributed by atoms with Crippen molar-refractivity contribution in [2.45, 2.75) is 13.8 Å². The molecule has 1 saturated heterocycles. The van der Waals surface area contributed by atoms with Crippen LogP contribution in [-0.2, 0) is 4.79 Å². The van der Waals surface area contributed by atoms with Gasteiger partial charge in [-0.15, -0.1) is 11.3 Å². The molecule has 1 aliphatic heterocycles. The molecule has 2 amide bonds. The van der Waals surface area contributed by atoms with Gasteiger partial charge in [0, 0.05) is 38.1 Å². The molecule has 0 unspecified atom stereocenters. The van der Waals surface area contributed by atoms with E-state index in [1.165, 1.54) is 11.3 Å². The van der Waals surface area contributed by atoms with E-state index < -0.39 is 0 Å². The van der Waals surface area contributed by atoms with Gasteiger partial charge in [0.05, 0.1) is 22.8 Å². The van der Waals surface area contributed by atoms with Crippen LogP contribution in [0.5, 0.6) is 0 Å². The molecule has 4 rings (SSSR count). The van der Waals surface area contributed by atoms with Crippen molar-refractivity contribution in [3.63, 3.8) is 0 Å². The van der Waals surface area contributed by atoms with Crippen LogP contribution < -0.4 is 5.32 Å². The molecule has 0 radical (unpaired) electrons. The van der Waals surface area contributed by atoms with Crippen LogP contribution in [0.2, 0.25) is 0 Å². The highest BCUT2D eigenvalue weighted by Crippen LogP contribution is 2.31. The fraction of sp³-hybridized carbons (Fsp3) is 0.381. The van der Waals surface area contributed by atoms with Crippen LogP contribution in [-0.4, -0.2) is 70.7 Å². The predicted molar refractivity (Wildman–Crippen MR) is 115 cm³/mol. The van der Waals surface area contributed by atoms with Crippen molar-refractivity contribution in [3.05, 3.63) is 47.0 Å². The standard InChI is InChI=1S/C21H25N5O2S/c1-3-22-19(27)14-24-9-11-25(12-10-24)20(28)18-13-17-15(2)23-26(21(17)29-18)16-7-5-4-6-8-16/h4-8,13H,3,9-12,14H2,1-2H3,(H,22,27). The molecule has 3 heterocycles. The Labute approximate surface area is 173 Å². The Morgan fingerprint density at radius 3 is 2.55 bits per heavy atom. The van der Waals surface area contributed by atoms with Crippen LogP contribution >= 0.6 is 11.3 Å². The van der Waals surface area contributed by atoms with E-state index in [0.29, 0.717) is 39.3 Å². The molecule has 0 aliphatic carbocycles. The van der Waals surface area contributed by atoms with Crippen molar-refractivity contribution < 1.29 is 9.59 Å². The molecule has 7 nitrogen and oxygen atoms in total. The highest BCUT2D eigenvalue weighted by molar-refractivity contribution is 7.20. The minimum Gasteiger partial charge on any atom is -0.355 e. The van der Waals surface area contributed by atoms with Crippen molar-refractivity contribution >= 4 is 33.4 Å². The third kappa shape index (κ3) is 4.04. The van der Waals surface area contributed by atoms with Gasteiger partial charge in [-0.05, 0) is 32.0 Å². The number of carbonyl (C=O) groups excluding carboxylic acids is 2. The normalized spacial score (nSPS) is 15.0. The third-order valence-electron chi connectivity index (χ3n) is 5.16. The van der Waals surface area contributed by atoms with Crippen LogP contribution in [0.15, 0.2) is 36.4 Å². The number of thiophene rings is 1. The Hall–Kier alpha value is -2.71. The second kappa shape index (κ2) is 8.34. The van der Waals surface area contributed by atoms with E-state index in [1.807, 2.05) is 59.8 Å². The Morgan fingerprint density at radius 1 is 1.14 bits per heavy atom. The van der Waals surface area contributed by atoms with Crippen LogP contribution in [0.25, 0.3) is 15.9 Å². The summed E-state index contributed by atoms with van der Waals surface area (Å²) in [6.45, 7) is 7.62. The van der Waals surface area contributed by atoms with Gasteiger partial charge in [-0.3, -0.25) is 14.5 Å². The SMILES string of the molecule is CCNC(=O)CN1CCN(C(=O)c2cc3c(C)nn(-c4ccccc4)c3s2)CC1. The summed E-state index contributed by atoms with van der Waals surface area (Å²) in [7, 11) is 0. The van der Waals surface area contributed by atoms with Crippen molar-refractivity contribution in [3.8, 4) is 5.69 Å². The van der Waals surface area contributed by atoms with E-state index in [1.54, 1.807) is 0 Å². The van der Waals surface area contributed by atoms with Crippen LogP contribution in [0, 0.1) is 6.92 Å². The molecule has 0 atom stereocenters. The number of piperazine rings is 1. The zero-order valence-electron chi connectivity index (χ0n) is 16.7. The lowest BCUT2D eigenvalue weighted by atomic mass is 10.2. The lowest BCUT2D eigenvalue weighted by Gasteiger charge is -2.34. The first-order chi connectivity index (χ1) is 14.1. The number of fused-ring (bicyclic) bond motifs is 1. The second-order valence-corrected chi connectivity index (χ2v) is 8.21. The number of carbonyl (C=O) groups is 2. The van der Waals surface area contributed by atoms with Gasteiger partial charge in [0.25, 0.3) is 5.91 Å². The van der Waals surface area contributed by atoms with Gasteiger partial charge in [0.15, 0.2) is 0 Å². The maximum Gasteiger partial charge on any atom is 0.264 e. The average Bonchev–Trinajstić information content (AvgIpc) is 3.29. The van der Waals surface area contributed by atoms with E-state index in [9.17, 15) is 9.59 Å². The van der Waals surface area contributed by atoms with Gasteiger partial charge in [-0.2, -0.15) is 5.10 Å². The summed E-state index contributed by atoms with van der Waals surface area (Å²) in [4.78, 5) is 30.5. The average molecular weight is 412 g/mol. The minimum atomic E-state index is 0.0396. The molecule has 1 fully saturated rings. The van der Waals surface area contributed by atoms with Gasteiger partial charge in [-0.25, -0.2) is 4.68 Å². The summed E-state index contributed by atoms with van der Waals surface area (Å²) < 4.78 is 1.91. The van der Waals surface area contributed by atoms with Gasteiger partial charge in [0.1, 0.15) is 4.83 Å². The molecule has 152 valence electrons. The number of amides is 2. The van der Waals surface area contributed by atoms with Crippen LogP contribution in [0.3, 0.4) is 0 Å². The number of aryl methyl sites for hydroxylation is 1. The van der Waals surface area contributed by atoms with E-state index >= 15 is 0 Å². The van der Waals surface area contributed by atoms with Crippen molar-refractivity contribution in [2.24, 2.45) is 0 Å². The molecular formula is C21H25N5O2S. The first-order valence-electron chi connectivity index (χ1n) is 9.89. The first kappa shape index (κ1) is 19.6. The molecule has 3 aromatic rings. The van der Waals surface area contributed by atoms with Gasteiger partial charge < -0.3 is 10.2 Å². The largest absolute Gasteiger partial charge is 0.355 e. The summed E-state index contributed by atoms with van der Waals surface area (Å²) in [6, 6.07) is 11.9. The number of aromatic nitrogens is 2. The van der Waals surface area contributed by atoms with Crippen molar-refractivity contribution in [1.82, 2.24) is 24.9 Å².